The molecule has 0 bridgehead atoms. The number of methoxy groups -OCH3 is 1. The third-order valence-electron chi connectivity index (χ3n) is 3.08. The van der Waals surface area contributed by atoms with Crippen molar-refractivity contribution in [2.45, 2.75) is 38.8 Å². The number of aromatic nitrogens is 2. The standard InChI is InChI=1S/C11H20N4O/c1-7(2)15-11(9(16-3)6-13-15)10(14-12)8-4-5-8/h6-8,10,14H,4-5,12H2,1-3H3. The van der Waals surface area contributed by atoms with E-state index in [-0.39, 0.29) is 6.04 Å². The van der Waals surface area contributed by atoms with E-state index in [1.165, 1.54) is 12.8 Å². The van der Waals surface area contributed by atoms with E-state index in [2.05, 4.69) is 24.4 Å². The van der Waals surface area contributed by atoms with Crippen molar-refractivity contribution < 1.29 is 4.74 Å². The first-order valence-electron chi connectivity index (χ1n) is 5.76. The summed E-state index contributed by atoms with van der Waals surface area (Å²) in [6, 6.07) is 0.466. The van der Waals surface area contributed by atoms with E-state index in [1.54, 1.807) is 13.3 Å². The van der Waals surface area contributed by atoms with E-state index < -0.39 is 0 Å². The zero-order valence-corrected chi connectivity index (χ0v) is 10.1. The van der Waals surface area contributed by atoms with Gasteiger partial charge in [0.2, 0.25) is 0 Å². The maximum Gasteiger partial charge on any atom is 0.161 e. The summed E-state index contributed by atoms with van der Waals surface area (Å²) in [5.41, 5.74) is 3.97. The maximum absolute atomic E-state index is 5.65. The monoisotopic (exact) mass is 224 g/mol. The van der Waals surface area contributed by atoms with Crippen molar-refractivity contribution in [3.63, 3.8) is 0 Å². The van der Waals surface area contributed by atoms with Gasteiger partial charge in [-0.3, -0.25) is 16.0 Å². The van der Waals surface area contributed by atoms with Gasteiger partial charge in [0.1, 0.15) is 0 Å². The van der Waals surface area contributed by atoms with Crippen LogP contribution in [0, 0.1) is 5.92 Å². The van der Waals surface area contributed by atoms with E-state index in [0.29, 0.717) is 12.0 Å². The minimum absolute atomic E-state index is 0.153. The van der Waals surface area contributed by atoms with Gasteiger partial charge in [0.05, 0.1) is 25.0 Å². The Labute approximate surface area is 95.9 Å². The van der Waals surface area contributed by atoms with E-state index in [4.69, 9.17) is 10.6 Å². The first-order chi connectivity index (χ1) is 7.69. The molecule has 90 valence electrons. The first-order valence-corrected chi connectivity index (χ1v) is 5.76. The molecule has 0 spiro atoms. The van der Waals surface area contributed by atoms with Crippen molar-refractivity contribution in [2.24, 2.45) is 11.8 Å². The van der Waals surface area contributed by atoms with Crippen LogP contribution in [0.1, 0.15) is 44.5 Å². The summed E-state index contributed by atoms with van der Waals surface area (Å²) in [6.07, 6.45) is 4.21. The molecule has 3 N–H and O–H groups in total. The van der Waals surface area contributed by atoms with Crippen LogP contribution in [0.4, 0.5) is 0 Å². The fourth-order valence-corrected chi connectivity index (χ4v) is 2.09. The lowest BCUT2D eigenvalue weighted by Crippen LogP contribution is -2.32. The van der Waals surface area contributed by atoms with Crippen LogP contribution in [-0.2, 0) is 0 Å². The molecule has 0 radical (unpaired) electrons. The van der Waals surface area contributed by atoms with Gasteiger partial charge in [-0.25, -0.2) is 0 Å². The summed E-state index contributed by atoms with van der Waals surface area (Å²) in [4.78, 5) is 0. The fourth-order valence-electron chi connectivity index (χ4n) is 2.09. The Kier molecular flexibility index (Phi) is 3.16. The number of hydrogen-bond donors (Lipinski definition) is 2. The van der Waals surface area contributed by atoms with Gasteiger partial charge in [-0.1, -0.05) is 0 Å². The van der Waals surface area contributed by atoms with Crippen LogP contribution < -0.4 is 16.0 Å². The zero-order valence-electron chi connectivity index (χ0n) is 10.1. The number of nitrogens with one attached hydrogen (secondary N) is 1. The summed E-state index contributed by atoms with van der Waals surface area (Å²) in [5, 5.41) is 4.36. The molecule has 0 amide bonds. The molecule has 5 nitrogen and oxygen atoms in total. The zero-order chi connectivity index (χ0) is 11.7. The van der Waals surface area contributed by atoms with Gasteiger partial charge in [-0.15, -0.1) is 0 Å². The summed E-state index contributed by atoms with van der Waals surface area (Å²) in [5.74, 6) is 7.09. The molecule has 5 heteroatoms. The molecule has 1 aromatic heterocycles. The van der Waals surface area contributed by atoms with Crippen LogP contribution in [0.5, 0.6) is 5.75 Å². The lowest BCUT2D eigenvalue weighted by molar-refractivity contribution is 0.372. The van der Waals surface area contributed by atoms with Crippen LogP contribution in [0.2, 0.25) is 0 Å². The van der Waals surface area contributed by atoms with Crippen molar-refractivity contribution in [2.75, 3.05) is 7.11 Å². The van der Waals surface area contributed by atoms with Crippen LogP contribution in [0.3, 0.4) is 0 Å². The second-order valence-electron chi connectivity index (χ2n) is 4.62. The maximum atomic E-state index is 5.65. The summed E-state index contributed by atoms with van der Waals surface area (Å²) in [7, 11) is 1.67. The summed E-state index contributed by atoms with van der Waals surface area (Å²) >= 11 is 0. The lowest BCUT2D eigenvalue weighted by atomic mass is 10.1. The Bertz CT molecular complexity index is 357. The molecule has 1 heterocycles. The molecular weight excluding hydrogens is 204 g/mol. The lowest BCUT2D eigenvalue weighted by Gasteiger charge is -2.20. The quantitative estimate of drug-likeness (QED) is 0.586. The highest BCUT2D eigenvalue weighted by Gasteiger charge is 2.36. The molecule has 1 aromatic rings. The number of nitrogens with two attached hydrogens (primary N) is 1. The molecule has 1 saturated carbocycles. The molecule has 1 fully saturated rings. The fraction of sp³-hybridized carbons (Fsp3) is 0.727. The minimum Gasteiger partial charge on any atom is -0.493 e. The predicted octanol–water partition coefficient (Wildman–Crippen LogP) is 1.39. The molecule has 16 heavy (non-hydrogen) atoms. The third-order valence-corrected chi connectivity index (χ3v) is 3.08. The van der Waals surface area contributed by atoms with E-state index in [0.717, 1.165) is 11.4 Å². The van der Waals surface area contributed by atoms with Gasteiger partial charge < -0.3 is 4.74 Å². The van der Waals surface area contributed by atoms with Crippen LogP contribution in [0.15, 0.2) is 6.20 Å². The van der Waals surface area contributed by atoms with Crippen LogP contribution in [0.25, 0.3) is 0 Å². The Morgan fingerprint density at radius 1 is 1.56 bits per heavy atom. The molecule has 0 aliphatic heterocycles. The Morgan fingerprint density at radius 2 is 2.25 bits per heavy atom. The molecule has 0 saturated heterocycles. The molecule has 0 aromatic carbocycles. The number of rotatable bonds is 5. The second kappa shape index (κ2) is 4.43. The molecule has 1 unspecified atom stereocenters. The SMILES string of the molecule is COc1cnn(C(C)C)c1C(NN)C1CC1. The van der Waals surface area contributed by atoms with Crippen molar-refractivity contribution in [3.8, 4) is 5.75 Å². The number of hydrazine groups is 1. The molecule has 2 rings (SSSR count). The Hall–Kier alpha value is -1.07. The molecule has 1 atom stereocenters. The second-order valence-corrected chi connectivity index (χ2v) is 4.62. The van der Waals surface area contributed by atoms with Gasteiger partial charge in [-0.05, 0) is 32.6 Å². The highest BCUT2D eigenvalue weighted by atomic mass is 16.5. The Morgan fingerprint density at radius 3 is 2.69 bits per heavy atom. The van der Waals surface area contributed by atoms with Crippen LogP contribution >= 0.6 is 0 Å². The number of nitrogens with zero attached hydrogens (tertiary/aromatic N) is 2. The van der Waals surface area contributed by atoms with Gasteiger partial charge in [0, 0.05) is 6.04 Å². The minimum atomic E-state index is 0.153. The van der Waals surface area contributed by atoms with Crippen molar-refractivity contribution >= 4 is 0 Å². The van der Waals surface area contributed by atoms with Crippen molar-refractivity contribution in [1.29, 1.82) is 0 Å². The highest BCUT2D eigenvalue weighted by Crippen LogP contribution is 2.43. The van der Waals surface area contributed by atoms with Gasteiger partial charge in [0.25, 0.3) is 0 Å². The normalized spacial score (nSPS) is 17.8. The summed E-state index contributed by atoms with van der Waals surface area (Å²) in [6.45, 7) is 4.22. The summed E-state index contributed by atoms with van der Waals surface area (Å²) < 4.78 is 7.35. The topological polar surface area (TPSA) is 65.1 Å². The largest absolute Gasteiger partial charge is 0.493 e. The number of hydrogen-bond acceptors (Lipinski definition) is 4. The van der Waals surface area contributed by atoms with Gasteiger partial charge in [-0.2, -0.15) is 5.10 Å². The van der Waals surface area contributed by atoms with Crippen molar-refractivity contribution in [1.82, 2.24) is 15.2 Å². The molecule has 1 aliphatic carbocycles. The predicted molar refractivity (Wildman–Crippen MR) is 62.0 cm³/mol. The number of ether oxygens (including phenoxy) is 1. The Balaban J connectivity index is 2.37. The average Bonchev–Trinajstić information content (AvgIpc) is 2.98. The van der Waals surface area contributed by atoms with Crippen molar-refractivity contribution in [3.05, 3.63) is 11.9 Å². The van der Waals surface area contributed by atoms with E-state index >= 15 is 0 Å². The van der Waals surface area contributed by atoms with Crippen LogP contribution in [-0.4, -0.2) is 16.9 Å². The third kappa shape index (κ3) is 1.92. The van der Waals surface area contributed by atoms with Gasteiger partial charge in [0.15, 0.2) is 5.75 Å². The highest BCUT2D eigenvalue weighted by molar-refractivity contribution is 5.30. The molecular formula is C11H20N4O. The van der Waals surface area contributed by atoms with E-state index in [9.17, 15) is 0 Å². The average molecular weight is 224 g/mol. The molecule has 1 aliphatic rings. The van der Waals surface area contributed by atoms with E-state index in [1.807, 2.05) is 4.68 Å². The van der Waals surface area contributed by atoms with Gasteiger partial charge >= 0.3 is 0 Å². The first kappa shape index (κ1) is 11.4. The smallest absolute Gasteiger partial charge is 0.161 e.